The van der Waals surface area contributed by atoms with E-state index in [9.17, 15) is 9.90 Å². The molecule has 4 nitrogen and oxygen atoms in total. The maximum Gasteiger partial charge on any atom is 0.343 e. The lowest BCUT2D eigenvalue weighted by atomic mass is 9.88. The van der Waals surface area contributed by atoms with Crippen molar-refractivity contribution >= 4 is 11.3 Å². The van der Waals surface area contributed by atoms with E-state index in [1.165, 1.54) is 0 Å². The summed E-state index contributed by atoms with van der Waals surface area (Å²) in [6, 6.07) is 5.75. The highest BCUT2D eigenvalue weighted by molar-refractivity contribution is 7.10. The maximum atomic E-state index is 12.8. The molecule has 1 saturated heterocycles. The maximum absolute atomic E-state index is 12.8. The van der Waals surface area contributed by atoms with E-state index in [4.69, 9.17) is 9.15 Å². The average Bonchev–Trinajstić information content (AvgIpc) is 3.09. The van der Waals surface area contributed by atoms with Crippen LogP contribution in [0.1, 0.15) is 67.1 Å². The van der Waals surface area contributed by atoms with Gasteiger partial charge in [-0.3, -0.25) is 0 Å². The van der Waals surface area contributed by atoms with Gasteiger partial charge < -0.3 is 14.3 Å². The lowest BCUT2D eigenvalue weighted by Crippen LogP contribution is -2.17. The first-order valence-corrected chi connectivity index (χ1v) is 10.5. The number of aromatic hydroxyl groups is 1. The Bertz CT molecular complexity index is 785. The molecule has 5 heteroatoms. The van der Waals surface area contributed by atoms with Crippen LogP contribution in [-0.2, 0) is 4.74 Å². The Labute approximate surface area is 157 Å². The van der Waals surface area contributed by atoms with Gasteiger partial charge in [0.25, 0.3) is 0 Å². The van der Waals surface area contributed by atoms with Gasteiger partial charge in [0.15, 0.2) is 0 Å². The third-order valence-corrected chi connectivity index (χ3v) is 6.73. The molecular weight excluding hydrogens is 348 g/mol. The largest absolute Gasteiger partial charge is 0.507 e. The molecule has 4 rings (SSSR count). The number of ether oxygens (including phenoxy) is 1. The molecule has 3 heterocycles. The first kappa shape index (κ1) is 17.8. The van der Waals surface area contributed by atoms with Crippen molar-refractivity contribution in [2.75, 3.05) is 13.2 Å². The van der Waals surface area contributed by atoms with Crippen molar-refractivity contribution < 1.29 is 14.3 Å². The van der Waals surface area contributed by atoms with E-state index < -0.39 is 0 Å². The van der Waals surface area contributed by atoms with E-state index in [1.54, 1.807) is 17.4 Å². The molecule has 0 bridgehead atoms. The van der Waals surface area contributed by atoms with Gasteiger partial charge in [0, 0.05) is 36.0 Å². The summed E-state index contributed by atoms with van der Waals surface area (Å²) < 4.78 is 11.2. The van der Waals surface area contributed by atoms with Crippen LogP contribution in [0.2, 0.25) is 0 Å². The molecule has 1 saturated carbocycles. The average molecular weight is 375 g/mol. The van der Waals surface area contributed by atoms with Gasteiger partial charge >= 0.3 is 5.63 Å². The fraction of sp³-hybridized carbons (Fsp3) is 0.571. The van der Waals surface area contributed by atoms with E-state index in [0.717, 1.165) is 50.2 Å². The molecular formula is C21H26O4S. The van der Waals surface area contributed by atoms with E-state index in [1.807, 2.05) is 11.4 Å². The second-order valence-electron chi connectivity index (χ2n) is 7.64. The molecule has 140 valence electrons. The van der Waals surface area contributed by atoms with Crippen molar-refractivity contribution in [3.05, 3.63) is 50.2 Å². The van der Waals surface area contributed by atoms with Crippen molar-refractivity contribution in [1.82, 2.24) is 0 Å². The van der Waals surface area contributed by atoms with E-state index in [0.29, 0.717) is 23.2 Å². The van der Waals surface area contributed by atoms with Gasteiger partial charge in [0.05, 0.1) is 5.56 Å². The Balaban J connectivity index is 1.64. The minimum atomic E-state index is -0.369. The molecule has 2 aromatic heterocycles. The van der Waals surface area contributed by atoms with Gasteiger partial charge in [0.2, 0.25) is 0 Å². The van der Waals surface area contributed by atoms with Crippen molar-refractivity contribution in [2.45, 2.75) is 50.9 Å². The van der Waals surface area contributed by atoms with Crippen molar-refractivity contribution in [3.63, 3.8) is 0 Å². The van der Waals surface area contributed by atoms with E-state index >= 15 is 0 Å². The molecule has 1 N–H and O–H groups in total. The van der Waals surface area contributed by atoms with Crippen LogP contribution in [0.15, 0.2) is 32.8 Å². The van der Waals surface area contributed by atoms with Crippen LogP contribution in [0.3, 0.4) is 0 Å². The van der Waals surface area contributed by atoms with Gasteiger partial charge in [-0.25, -0.2) is 4.79 Å². The van der Waals surface area contributed by atoms with Crippen molar-refractivity contribution in [2.24, 2.45) is 11.8 Å². The zero-order valence-corrected chi connectivity index (χ0v) is 16.0. The second kappa shape index (κ2) is 7.57. The standard InChI is InChI=1S/C21H26O4S/c1-2-14(10-13-7-8-24-12-13)17-11-16(22)20(21(23)25-17)19(15-5-6-15)18-4-3-9-26-18/h3-4,9,11,13-15,19,22H,2,5-8,10,12H2,1H3. The van der Waals surface area contributed by atoms with Gasteiger partial charge in [0.1, 0.15) is 11.5 Å². The van der Waals surface area contributed by atoms with Crippen molar-refractivity contribution in [3.8, 4) is 5.75 Å². The highest BCUT2D eigenvalue weighted by Gasteiger charge is 2.38. The summed E-state index contributed by atoms with van der Waals surface area (Å²) in [4.78, 5) is 14.0. The Morgan fingerprint density at radius 3 is 2.77 bits per heavy atom. The zero-order valence-electron chi connectivity index (χ0n) is 15.1. The smallest absolute Gasteiger partial charge is 0.343 e. The molecule has 0 aromatic carbocycles. The molecule has 2 fully saturated rings. The Morgan fingerprint density at radius 2 is 2.19 bits per heavy atom. The summed E-state index contributed by atoms with van der Waals surface area (Å²) in [5.74, 6) is 1.77. The zero-order chi connectivity index (χ0) is 18.1. The first-order valence-electron chi connectivity index (χ1n) is 9.65. The Kier molecular flexibility index (Phi) is 5.18. The third-order valence-electron chi connectivity index (χ3n) is 5.78. The fourth-order valence-electron chi connectivity index (χ4n) is 4.16. The minimum Gasteiger partial charge on any atom is -0.507 e. The molecule has 2 aromatic rings. The summed E-state index contributed by atoms with van der Waals surface area (Å²) >= 11 is 1.64. The summed E-state index contributed by atoms with van der Waals surface area (Å²) in [5, 5.41) is 12.8. The van der Waals surface area contributed by atoms with Crippen LogP contribution in [0, 0.1) is 11.8 Å². The predicted octanol–water partition coefficient (Wildman–Crippen LogP) is 4.87. The number of thiophene rings is 1. The van der Waals surface area contributed by atoms with Crippen LogP contribution in [0.4, 0.5) is 0 Å². The number of hydrogen-bond acceptors (Lipinski definition) is 5. The Morgan fingerprint density at radius 1 is 1.35 bits per heavy atom. The summed E-state index contributed by atoms with van der Waals surface area (Å²) in [7, 11) is 0. The normalized spacial score (nSPS) is 22.4. The molecule has 0 spiro atoms. The van der Waals surface area contributed by atoms with Gasteiger partial charge in [-0.05, 0) is 55.4 Å². The first-order chi connectivity index (χ1) is 12.7. The Hall–Kier alpha value is -1.59. The lowest BCUT2D eigenvalue weighted by molar-refractivity contribution is 0.181. The van der Waals surface area contributed by atoms with Crippen LogP contribution in [0.5, 0.6) is 5.75 Å². The van der Waals surface area contributed by atoms with Crippen LogP contribution >= 0.6 is 11.3 Å². The highest BCUT2D eigenvalue weighted by atomic mass is 32.1. The SMILES string of the molecule is CCC(CC1CCOC1)c1cc(O)c(C(c2cccs2)C2CC2)c(=O)o1. The van der Waals surface area contributed by atoms with Crippen LogP contribution < -0.4 is 5.63 Å². The summed E-state index contributed by atoms with van der Waals surface area (Å²) in [5.41, 5.74) is 0.0733. The topological polar surface area (TPSA) is 59.7 Å². The summed E-state index contributed by atoms with van der Waals surface area (Å²) in [6.45, 7) is 3.70. The van der Waals surface area contributed by atoms with Crippen LogP contribution in [0.25, 0.3) is 0 Å². The molecule has 2 aliphatic rings. The van der Waals surface area contributed by atoms with Gasteiger partial charge in [-0.15, -0.1) is 11.3 Å². The van der Waals surface area contributed by atoms with E-state index in [-0.39, 0.29) is 23.2 Å². The quantitative estimate of drug-likeness (QED) is 0.751. The fourth-order valence-corrected chi connectivity index (χ4v) is 5.09. The molecule has 1 aliphatic carbocycles. The minimum absolute atomic E-state index is 0.0383. The molecule has 3 atom stereocenters. The van der Waals surface area contributed by atoms with Crippen molar-refractivity contribution in [1.29, 1.82) is 0 Å². The number of hydrogen-bond donors (Lipinski definition) is 1. The third kappa shape index (κ3) is 3.60. The molecule has 0 amide bonds. The molecule has 3 unspecified atom stereocenters. The number of rotatable bonds is 7. The van der Waals surface area contributed by atoms with E-state index in [2.05, 4.69) is 13.0 Å². The predicted molar refractivity (Wildman–Crippen MR) is 102 cm³/mol. The molecule has 26 heavy (non-hydrogen) atoms. The van der Waals surface area contributed by atoms with Gasteiger partial charge in [-0.2, -0.15) is 0 Å². The monoisotopic (exact) mass is 374 g/mol. The molecule has 0 radical (unpaired) electrons. The molecule has 1 aliphatic heterocycles. The second-order valence-corrected chi connectivity index (χ2v) is 8.62. The van der Waals surface area contributed by atoms with Gasteiger partial charge in [-0.1, -0.05) is 13.0 Å². The van der Waals surface area contributed by atoms with Crippen LogP contribution in [-0.4, -0.2) is 18.3 Å². The lowest BCUT2D eigenvalue weighted by Gasteiger charge is -2.20. The highest BCUT2D eigenvalue weighted by Crippen LogP contribution is 2.49. The summed E-state index contributed by atoms with van der Waals surface area (Å²) in [6.07, 6.45) is 5.09.